The van der Waals surface area contributed by atoms with Crippen molar-refractivity contribution < 1.29 is 18.0 Å². The molecule has 1 aromatic carbocycles. The molecule has 2 saturated heterocycles. The number of nitrogens with zero attached hydrogens (tertiary/aromatic N) is 4. The zero-order valence-electron chi connectivity index (χ0n) is 16.7. The molecule has 2 aliphatic heterocycles. The van der Waals surface area contributed by atoms with E-state index in [9.17, 15) is 18.0 Å². The van der Waals surface area contributed by atoms with Crippen molar-refractivity contribution >= 4 is 22.4 Å². The molecule has 4 rings (SSSR count). The van der Waals surface area contributed by atoms with Gasteiger partial charge in [0.05, 0.1) is 11.3 Å². The van der Waals surface area contributed by atoms with Gasteiger partial charge in [-0.05, 0) is 50.2 Å². The fraction of sp³-hybridized carbons (Fsp3) is 0.524. The lowest BCUT2D eigenvalue weighted by Crippen LogP contribution is -2.48. The molecule has 9 heteroatoms. The lowest BCUT2D eigenvalue weighted by atomic mass is 10.1. The van der Waals surface area contributed by atoms with Crippen LogP contribution < -0.4 is 4.90 Å². The largest absolute Gasteiger partial charge is 0.416 e. The molecule has 0 unspecified atom stereocenters. The highest BCUT2D eigenvalue weighted by Gasteiger charge is 2.31. The molecule has 0 radical (unpaired) electrons. The SMILES string of the molecule is O=C(c1ccc(C(F)(F)F)cc1)N1CCN(c2nc(CN3CCCCC3)cs2)CC1. The maximum atomic E-state index is 12.7. The van der Waals surface area contributed by atoms with Crippen LogP contribution in [0.25, 0.3) is 0 Å². The first-order valence-electron chi connectivity index (χ1n) is 10.3. The van der Waals surface area contributed by atoms with Crippen LogP contribution in [0.15, 0.2) is 29.6 Å². The number of likely N-dealkylation sites (tertiary alicyclic amines) is 1. The second-order valence-electron chi connectivity index (χ2n) is 7.81. The highest BCUT2D eigenvalue weighted by atomic mass is 32.1. The van der Waals surface area contributed by atoms with Crippen molar-refractivity contribution in [2.45, 2.75) is 32.0 Å². The van der Waals surface area contributed by atoms with Crippen molar-refractivity contribution in [2.75, 3.05) is 44.2 Å². The van der Waals surface area contributed by atoms with Crippen molar-refractivity contribution in [1.82, 2.24) is 14.8 Å². The Morgan fingerprint density at radius 3 is 2.27 bits per heavy atom. The van der Waals surface area contributed by atoms with E-state index in [4.69, 9.17) is 4.98 Å². The topological polar surface area (TPSA) is 39.7 Å². The molecule has 0 saturated carbocycles. The van der Waals surface area contributed by atoms with E-state index in [0.717, 1.165) is 42.6 Å². The Morgan fingerprint density at radius 2 is 1.63 bits per heavy atom. The number of amides is 1. The molecule has 3 heterocycles. The summed E-state index contributed by atoms with van der Waals surface area (Å²) in [5.74, 6) is -0.228. The van der Waals surface area contributed by atoms with Crippen LogP contribution in [-0.4, -0.2) is 60.0 Å². The second-order valence-corrected chi connectivity index (χ2v) is 8.65. The van der Waals surface area contributed by atoms with Gasteiger partial charge >= 0.3 is 6.18 Å². The number of halogens is 3. The summed E-state index contributed by atoms with van der Waals surface area (Å²) >= 11 is 1.63. The highest BCUT2D eigenvalue weighted by molar-refractivity contribution is 7.13. The maximum absolute atomic E-state index is 12.7. The van der Waals surface area contributed by atoms with Crippen molar-refractivity contribution in [3.8, 4) is 0 Å². The molecule has 0 aliphatic carbocycles. The van der Waals surface area contributed by atoms with E-state index in [1.807, 2.05) is 0 Å². The van der Waals surface area contributed by atoms with E-state index >= 15 is 0 Å². The number of carbonyl (C=O) groups is 1. The van der Waals surface area contributed by atoms with Gasteiger partial charge in [-0.1, -0.05) is 6.42 Å². The zero-order chi connectivity index (χ0) is 21.1. The zero-order valence-corrected chi connectivity index (χ0v) is 17.5. The van der Waals surface area contributed by atoms with Gasteiger partial charge in [-0.2, -0.15) is 13.2 Å². The Kier molecular flexibility index (Phi) is 6.29. The summed E-state index contributed by atoms with van der Waals surface area (Å²) in [6.07, 6.45) is -0.570. The lowest BCUT2D eigenvalue weighted by Gasteiger charge is -2.34. The first-order chi connectivity index (χ1) is 14.4. The van der Waals surface area contributed by atoms with Crippen LogP contribution in [0.2, 0.25) is 0 Å². The Balaban J connectivity index is 1.31. The van der Waals surface area contributed by atoms with Crippen molar-refractivity contribution in [3.63, 3.8) is 0 Å². The van der Waals surface area contributed by atoms with Crippen molar-refractivity contribution in [1.29, 1.82) is 0 Å². The summed E-state index contributed by atoms with van der Waals surface area (Å²) in [6.45, 7) is 5.56. The van der Waals surface area contributed by atoms with Gasteiger partial charge in [-0.15, -0.1) is 11.3 Å². The fourth-order valence-electron chi connectivity index (χ4n) is 3.95. The number of anilines is 1. The molecular formula is C21H25F3N4OS. The van der Waals surface area contributed by atoms with Gasteiger partial charge < -0.3 is 9.80 Å². The summed E-state index contributed by atoms with van der Waals surface area (Å²) in [6, 6.07) is 4.43. The first kappa shape index (κ1) is 21.1. The van der Waals surface area contributed by atoms with Gasteiger partial charge in [0.25, 0.3) is 5.91 Å². The molecule has 0 bridgehead atoms. The molecule has 1 amide bonds. The van der Waals surface area contributed by atoms with E-state index in [1.54, 1.807) is 16.2 Å². The summed E-state index contributed by atoms with van der Waals surface area (Å²) in [5, 5.41) is 3.09. The molecule has 2 aromatic rings. The van der Waals surface area contributed by atoms with E-state index in [-0.39, 0.29) is 11.5 Å². The maximum Gasteiger partial charge on any atom is 0.416 e. The van der Waals surface area contributed by atoms with Crippen LogP contribution >= 0.6 is 11.3 Å². The van der Waals surface area contributed by atoms with Crippen LogP contribution in [0.5, 0.6) is 0 Å². The molecule has 2 aliphatic rings. The number of thiazole rings is 1. The van der Waals surface area contributed by atoms with Crippen LogP contribution in [0.3, 0.4) is 0 Å². The number of benzene rings is 1. The number of alkyl halides is 3. The third-order valence-electron chi connectivity index (χ3n) is 5.67. The smallest absolute Gasteiger partial charge is 0.345 e. The number of hydrogen-bond acceptors (Lipinski definition) is 5. The monoisotopic (exact) mass is 438 g/mol. The molecule has 162 valence electrons. The van der Waals surface area contributed by atoms with Crippen LogP contribution in [0.4, 0.5) is 18.3 Å². The summed E-state index contributed by atoms with van der Waals surface area (Å²) < 4.78 is 38.1. The van der Waals surface area contributed by atoms with Crippen molar-refractivity contribution in [2.24, 2.45) is 0 Å². The third-order valence-corrected chi connectivity index (χ3v) is 6.62. The fourth-order valence-corrected chi connectivity index (χ4v) is 4.82. The van der Waals surface area contributed by atoms with Gasteiger partial charge in [0.15, 0.2) is 5.13 Å². The van der Waals surface area contributed by atoms with Gasteiger partial charge in [0.2, 0.25) is 0 Å². The van der Waals surface area contributed by atoms with Crippen LogP contribution in [0, 0.1) is 0 Å². The quantitative estimate of drug-likeness (QED) is 0.720. The number of rotatable bonds is 4. The summed E-state index contributed by atoms with van der Waals surface area (Å²) in [5.41, 5.74) is 0.641. The van der Waals surface area contributed by atoms with Gasteiger partial charge in [0, 0.05) is 43.7 Å². The van der Waals surface area contributed by atoms with Crippen LogP contribution in [0.1, 0.15) is 40.9 Å². The number of aromatic nitrogens is 1. The molecule has 0 N–H and O–H groups in total. The van der Waals surface area contributed by atoms with Gasteiger partial charge in [-0.3, -0.25) is 9.69 Å². The third kappa shape index (κ3) is 4.95. The molecule has 0 spiro atoms. The summed E-state index contributed by atoms with van der Waals surface area (Å²) in [4.78, 5) is 23.7. The average Bonchev–Trinajstić information content (AvgIpc) is 3.22. The van der Waals surface area contributed by atoms with E-state index in [1.165, 1.54) is 31.4 Å². The minimum absolute atomic E-state index is 0.228. The van der Waals surface area contributed by atoms with E-state index in [0.29, 0.717) is 26.2 Å². The van der Waals surface area contributed by atoms with Gasteiger partial charge in [0.1, 0.15) is 0 Å². The molecule has 0 atom stereocenters. The standard InChI is InChI=1S/C21H25F3N4OS/c22-21(23,24)17-6-4-16(5-7-17)19(29)27-10-12-28(13-11-27)20-25-18(15-30-20)14-26-8-2-1-3-9-26/h4-7,15H,1-3,8-14H2. The first-order valence-corrected chi connectivity index (χ1v) is 11.2. The van der Waals surface area contributed by atoms with Crippen molar-refractivity contribution in [3.05, 3.63) is 46.5 Å². The number of hydrogen-bond donors (Lipinski definition) is 0. The Bertz CT molecular complexity index is 854. The van der Waals surface area contributed by atoms with Crippen LogP contribution in [-0.2, 0) is 12.7 Å². The molecular weight excluding hydrogens is 413 g/mol. The molecule has 2 fully saturated rings. The Morgan fingerprint density at radius 1 is 0.967 bits per heavy atom. The highest BCUT2D eigenvalue weighted by Crippen LogP contribution is 2.29. The van der Waals surface area contributed by atoms with E-state index in [2.05, 4.69) is 15.2 Å². The number of piperidine rings is 1. The van der Waals surface area contributed by atoms with E-state index < -0.39 is 11.7 Å². The molecule has 1 aromatic heterocycles. The predicted octanol–water partition coefficient (Wildman–Crippen LogP) is 4.11. The van der Waals surface area contributed by atoms with Gasteiger partial charge in [-0.25, -0.2) is 4.98 Å². The number of piperazine rings is 1. The lowest BCUT2D eigenvalue weighted by molar-refractivity contribution is -0.137. The minimum Gasteiger partial charge on any atom is -0.345 e. The minimum atomic E-state index is -4.40. The normalized spacial score (nSPS) is 18.6. The predicted molar refractivity (Wildman–Crippen MR) is 111 cm³/mol. The Hall–Kier alpha value is -2.13. The second kappa shape index (κ2) is 8.93. The molecule has 5 nitrogen and oxygen atoms in total. The summed E-state index contributed by atoms with van der Waals surface area (Å²) in [7, 11) is 0. The number of carbonyl (C=O) groups excluding carboxylic acids is 1. The Labute approximate surface area is 178 Å². The average molecular weight is 439 g/mol. The molecule has 30 heavy (non-hydrogen) atoms.